The summed E-state index contributed by atoms with van der Waals surface area (Å²) in [4.78, 5) is 37.7. The lowest BCUT2D eigenvalue weighted by molar-refractivity contribution is -0.137. The zero-order valence-electron chi connectivity index (χ0n) is 16.1. The Morgan fingerprint density at radius 3 is 2.96 bits per heavy atom. The van der Waals surface area contributed by atoms with Gasteiger partial charge in [-0.3, -0.25) is 19.6 Å². The third-order valence-corrected chi connectivity index (χ3v) is 7.20. The minimum absolute atomic E-state index is 0.0141. The first-order chi connectivity index (χ1) is 13.6. The predicted octanol–water partition coefficient (Wildman–Crippen LogP) is 2.95. The van der Waals surface area contributed by atoms with Gasteiger partial charge in [-0.2, -0.15) is 0 Å². The molecule has 7 heteroatoms. The van der Waals surface area contributed by atoms with Crippen LogP contribution in [0.15, 0.2) is 36.1 Å². The highest BCUT2D eigenvalue weighted by molar-refractivity contribution is 7.09. The molecule has 6 nitrogen and oxygen atoms in total. The van der Waals surface area contributed by atoms with Gasteiger partial charge in [0.1, 0.15) is 0 Å². The lowest BCUT2D eigenvalue weighted by Gasteiger charge is -2.35. The van der Waals surface area contributed by atoms with Crippen molar-refractivity contribution in [3.8, 4) is 0 Å². The van der Waals surface area contributed by atoms with E-state index < -0.39 is 5.41 Å². The standard InChI is InChI=1S/C21H26N4O2S/c1-2-21(20(27)24-14-17-4-3-11-28-17)12-16-6-7-18(21)25(16)19(26)8-5-15-13-22-9-10-23-15/h3-4,9-11,13,16,18H,2,5-8,12,14H2,1H3,(H,24,27)/t16-,18+,21+/m0/s1. The lowest BCUT2D eigenvalue weighted by atomic mass is 9.71. The number of carbonyl (C=O) groups is 2. The van der Waals surface area contributed by atoms with Crippen LogP contribution in [0.1, 0.15) is 49.6 Å². The Kier molecular flexibility index (Phi) is 5.44. The number of fused-ring (bicyclic) bond motifs is 2. The van der Waals surface area contributed by atoms with E-state index in [1.807, 2.05) is 22.4 Å². The second kappa shape index (κ2) is 7.99. The van der Waals surface area contributed by atoms with E-state index in [1.54, 1.807) is 29.9 Å². The van der Waals surface area contributed by atoms with Gasteiger partial charge in [0, 0.05) is 42.0 Å². The second-order valence-electron chi connectivity index (χ2n) is 7.72. The van der Waals surface area contributed by atoms with E-state index in [2.05, 4.69) is 22.2 Å². The van der Waals surface area contributed by atoms with Crippen molar-refractivity contribution >= 4 is 23.2 Å². The molecule has 28 heavy (non-hydrogen) atoms. The topological polar surface area (TPSA) is 75.2 Å². The molecule has 0 aliphatic carbocycles. The van der Waals surface area contributed by atoms with Gasteiger partial charge >= 0.3 is 0 Å². The molecule has 4 rings (SSSR count). The average molecular weight is 399 g/mol. The molecule has 0 saturated carbocycles. The van der Waals surface area contributed by atoms with E-state index in [4.69, 9.17) is 0 Å². The Hall–Kier alpha value is -2.28. The van der Waals surface area contributed by atoms with Crippen molar-refractivity contribution in [2.24, 2.45) is 5.41 Å². The van der Waals surface area contributed by atoms with Crippen LogP contribution in [0.4, 0.5) is 0 Å². The monoisotopic (exact) mass is 398 g/mol. The highest BCUT2D eigenvalue weighted by atomic mass is 32.1. The van der Waals surface area contributed by atoms with Gasteiger partial charge in [0.05, 0.1) is 17.7 Å². The number of carbonyl (C=O) groups excluding carboxylic acids is 2. The maximum Gasteiger partial charge on any atom is 0.228 e. The van der Waals surface area contributed by atoms with Crippen LogP contribution >= 0.6 is 11.3 Å². The minimum atomic E-state index is -0.456. The molecule has 2 aromatic heterocycles. The molecule has 1 N–H and O–H groups in total. The van der Waals surface area contributed by atoms with Crippen molar-refractivity contribution in [1.29, 1.82) is 0 Å². The number of hydrogen-bond donors (Lipinski definition) is 1. The molecule has 148 valence electrons. The van der Waals surface area contributed by atoms with Crippen LogP contribution in [0.25, 0.3) is 0 Å². The summed E-state index contributed by atoms with van der Waals surface area (Å²) in [5.74, 6) is 0.238. The SMILES string of the molecule is CC[C@@]1(C(=O)NCc2cccs2)C[C@@H]2CC[C@H]1N2C(=O)CCc1cnccn1. The Morgan fingerprint density at radius 1 is 1.36 bits per heavy atom. The first kappa shape index (κ1) is 19.1. The molecule has 2 fully saturated rings. The van der Waals surface area contributed by atoms with Gasteiger partial charge in [-0.15, -0.1) is 11.3 Å². The van der Waals surface area contributed by atoms with Gasteiger partial charge in [0.2, 0.25) is 11.8 Å². The van der Waals surface area contributed by atoms with E-state index in [1.165, 1.54) is 0 Å². The van der Waals surface area contributed by atoms with Gasteiger partial charge in [0.25, 0.3) is 0 Å². The lowest BCUT2D eigenvalue weighted by Crippen LogP contribution is -2.49. The second-order valence-corrected chi connectivity index (χ2v) is 8.75. The number of amides is 2. The number of aryl methyl sites for hydroxylation is 1. The number of aromatic nitrogens is 2. The molecule has 2 amide bonds. The first-order valence-electron chi connectivity index (χ1n) is 10.0. The molecular weight excluding hydrogens is 372 g/mol. The molecule has 2 aliphatic heterocycles. The normalized spacial score (nSPS) is 25.8. The summed E-state index contributed by atoms with van der Waals surface area (Å²) in [5, 5.41) is 5.16. The summed E-state index contributed by atoms with van der Waals surface area (Å²) in [6, 6.07) is 4.23. The van der Waals surface area contributed by atoms with Crippen LogP contribution in [-0.4, -0.2) is 38.8 Å². The maximum absolute atomic E-state index is 13.2. The number of thiophene rings is 1. The molecule has 0 radical (unpaired) electrons. The van der Waals surface area contributed by atoms with Crippen molar-refractivity contribution in [2.75, 3.05) is 0 Å². The number of rotatable bonds is 7. The van der Waals surface area contributed by atoms with Crippen molar-refractivity contribution in [1.82, 2.24) is 20.2 Å². The van der Waals surface area contributed by atoms with Crippen LogP contribution in [-0.2, 0) is 22.6 Å². The third kappa shape index (κ3) is 3.43. The van der Waals surface area contributed by atoms with Crippen molar-refractivity contribution in [3.05, 3.63) is 46.7 Å². The van der Waals surface area contributed by atoms with E-state index in [0.717, 1.165) is 36.3 Å². The van der Waals surface area contributed by atoms with Crippen molar-refractivity contribution in [2.45, 2.75) is 64.1 Å². The van der Waals surface area contributed by atoms with E-state index >= 15 is 0 Å². The van der Waals surface area contributed by atoms with Crippen LogP contribution < -0.4 is 5.32 Å². The zero-order chi connectivity index (χ0) is 19.6. The summed E-state index contributed by atoms with van der Waals surface area (Å²) >= 11 is 1.65. The fraction of sp³-hybridized carbons (Fsp3) is 0.524. The zero-order valence-corrected chi connectivity index (χ0v) is 17.0. The molecule has 2 aliphatic rings. The summed E-state index contributed by atoms with van der Waals surface area (Å²) in [5.41, 5.74) is 0.375. The van der Waals surface area contributed by atoms with Crippen LogP contribution in [0.2, 0.25) is 0 Å². The summed E-state index contributed by atoms with van der Waals surface area (Å²) in [6.45, 7) is 2.64. The molecule has 0 aromatic carbocycles. The minimum Gasteiger partial charge on any atom is -0.351 e. The fourth-order valence-electron chi connectivity index (χ4n) is 4.92. The Labute approximate surface area is 169 Å². The molecular formula is C21H26N4O2S. The van der Waals surface area contributed by atoms with Gasteiger partial charge in [-0.05, 0) is 43.6 Å². The van der Waals surface area contributed by atoms with Gasteiger partial charge in [-0.25, -0.2) is 0 Å². The van der Waals surface area contributed by atoms with Crippen LogP contribution in [0.5, 0.6) is 0 Å². The highest BCUT2D eigenvalue weighted by Gasteiger charge is 2.59. The molecule has 2 bridgehead atoms. The summed E-state index contributed by atoms with van der Waals surface area (Å²) < 4.78 is 0. The Morgan fingerprint density at radius 2 is 2.25 bits per heavy atom. The molecule has 4 heterocycles. The van der Waals surface area contributed by atoms with Crippen LogP contribution in [0, 0.1) is 5.41 Å². The number of nitrogens with zero attached hydrogens (tertiary/aromatic N) is 3. The highest BCUT2D eigenvalue weighted by Crippen LogP contribution is 2.52. The number of nitrogens with one attached hydrogen (secondary N) is 1. The van der Waals surface area contributed by atoms with Crippen molar-refractivity contribution < 1.29 is 9.59 Å². The van der Waals surface area contributed by atoms with E-state index in [9.17, 15) is 9.59 Å². The molecule has 0 unspecified atom stereocenters. The first-order valence-corrected chi connectivity index (χ1v) is 10.9. The maximum atomic E-state index is 13.2. The van der Waals surface area contributed by atoms with E-state index in [0.29, 0.717) is 19.4 Å². The molecule has 2 aromatic rings. The predicted molar refractivity (Wildman–Crippen MR) is 108 cm³/mol. The summed E-state index contributed by atoms with van der Waals surface area (Å²) in [6.07, 6.45) is 9.47. The smallest absolute Gasteiger partial charge is 0.228 e. The fourth-order valence-corrected chi connectivity index (χ4v) is 5.57. The van der Waals surface area contributed by atoms with Crippen molar-refractivity contribution in [3.63, 3.8) is 0 Å². The largest absolute Gasteiger partial charge is 0.351 e. The molecule has 3 atom stereocenters. The van der Waals surface area contributed by atoms with E-state index in [-0.39, 0.29) is 23.9 Å². The third-order valence-electron chi connectivity index (χ3n) is 6.33. The van der Waals surface area contributed by atoms with Crippen LogP contribution in [0.3, 0.4) is 0 Å². The quantitative estimate of drug-likeness (QED) is 0.778. The Bertz CT molecular complexity index is 826. The molecule has 2 saturated heterocycles. The van der Waals surface area contributed by atoms with Gasteiger partial charge in [0.15, 0.2) is 0 Å². The average Bonchev–Trinajstić information content (AvgIpc) is 3.46. The number of hydrogen-bond acceptors (Lipinski definition) is 5. The molecule has 0 spiro atoms. The van der Waals surface area contributed by atoms with Gasteiger partial charge in [-0.1, -0.05) is 13.0 Å². The summed E-state index contributed by atoms with van der Waals surface area (Å²) in [7, 11) is 0. The van der Waals surface area contributed by atoms with Gasteiger partial charge < -0.3 is 10.2 Å². The Balaban J connectivity index is 1.43.